The van der Waals surface area contributed by atoms with E-state index in [1.807, 2.05) is 65.7 Å². The lowest BCUT2D eigenvalue weighted by Crippen LogP contribution is -2.38. The van der Waals surface area contributed by atoms with Gasteiger partial charge in [0.1, 0.15) is 11.5 Å². The van der Waals surface area contributed by atoms with Gasteiger partial charge in [0.05, 0.1) is 37.2 Å². The number of nitrogens with one attached hydrogen (secondary N) is 1. The molecule has 1 amide bonds. The van der Waals surface area contributed by atoms with Crippen LogP contribution in [0.3, 0.4) is 0 Å². The van der Waals surface area contributed by atoms with Gasteiger partial charge in [-0.2, -0.15) is 5.10 Å². The maximum Gasteiger partial charge on any atom is 0.251 e. The van der Waals surface area contributed by atoms with Gasteiger partial charge in [-0.25, -0.2) is 4.52 Å². The molecule has 1 aliphatic heterocycles. The second kappa shape index (κ2) is 9.43. The third kappa shape index (κ3) is 4.26. The van der Waals surface area contributed by atoms with Gasteiger partial charge in [0.25, 0.3) is 5.91 Å². The molecule has 4 heterocycles. The second-order valence-corrected chi connectivity index (χ2v) is 8.26. The van der Waals surface area contributed by atoms with Crippen molar-refractivity contribution in [2.45, 2.75) is 24.9 Å². The van der Waals surface area contributed by atoms with E-state index in [-0.39, 0.29) is 11.9 Å². The lowest BCUT2D eigenvalue weighted by Gasteiger charge is -2.29. The average molecular weight is 458 g/mol. The smallest absolute Gasteiger partial charge is 0.251 e. The lowest BCUT2D eigenvalue weighted by molar-refractivity contribution is -0.133. The zero-order chi connectivity index (χ0) is 23.5. The highest BCUT2D eigenvalue weighted by atomic mass is 16.5. The van der Waals surface area contributed by atoms with Gasteiger partial charge < -0.3 is 19.7 Å². The maximum absolute atomic E-state index is 14.0. The van der Waals surface area contributed by atoms with Crippen LogP contribution in [0.25, 0.3) is 5.52 Å². The zero-order valence-electron chi connectivity index (χ0n) is 19.2. The molecule has 0 radical (unpaired) electrons. The molecule has 8 nitrogen and oxygen atoms in total. The van der Waals surface area contributed by atoms with Crippen molar-refractivity contribution < 1.29 is 14.3 Å². The Morgan fingerprint density at radius 1 is 1.06 bits per heavy atom. The van der Waals surface area contributed by atoms with Gasteiger partial charge in [0.15, 0.2) is 6.04 Å². The van der Waals surface area contributed by atoms with Crippen LogP contribution in [-0.4, -0.2) is 46.2 Å². The van der Waals surface area contributed by atoms with E-state index in [0.29, 0.717) is 29.4 Å². The number of anilines is 1. The molecule has 0 aliphatic carbocycles. The van der Waals surface area contributed by atoms with Gasteiger partial charge in [-0.05, 0) is 43.2 Å². The molecule has 1 saturated heterocycles. The number of likely N-dealkylation sites (tertiary alicyclic amines) is 1. The van der Waals surface area contributed by atoms with Gasteiger partial charge in [-0.3, -0.25) is 9.78 Å². The highest BCUT2D eigenvalue weighted by Gasteiger charge is 2.36. The summed E-state index contributed by atoms with van der Waals surface area (Å²) in [5, 5.41) is 8.12. The van der Waals surface area contributed by atoms with Gasteiger partial charge in [-0.15, -0.1) is 0 Å². The summed E-state index contributed by atoms with van der Waals surface area (Å²) in [5.74, 6) is 1.23. The second-order valence-electron chi connectivity index (χ2n) is 8.26. The van der Waals surface area contributed by atoms with Crippen molar-refractivity contribution in [2.75, 3.05) is 26.1 Å². The average Bonchev–Trinajstić information content (AvgIpc) is 3.54. The molecule has 1 N–H and O–H groups in total. The fourth-order valence-electron chi connectivity index (χ4n) is 4.50. The number of nitrogens with zero attached hydrogens (tertiary/aromatic N) is 4. The monoisotopic (exact) mass is 457 g/mol. The van der Waals surface area contributed by atoms with Crippen molar-refractivity contribution in [3.05, 3.63) is 84.4 Å². The predicted octanol–water partition coefficient (Wildman–Crippen LogP) is 4.26. The summed E-state index contributed by atoms with van der Waals surface area (Å²) >= 11 is 0. The topological polar surface area (TPSA) is 81.0 Å². The Morgan fingerprint density at radius 2 is 1.85 bits per heavy atom. The van der Waals surface area contributed by atoms with Gasteiger partial charge in [0, 0.05) is 42.8 Å². The Kier molecular flexibility index (Phi) is 6.03. The van der Waals surface area contributed by atoms with Crippen LogP contribution in [0.5, 0.6) is 11.5 Å². The standard InChI is InChI=1S/C26H27N5O3/c1-33-20-14-18(15-21(17-20)34-2)28-25(23-16-19-8-4-6-13-31(19)29-23)26(32)30-12-7-10-24(30)22-9-3-5-11-27-22/h3-6,8-9,11,13-17,24-25,28H,7,10,12H2,1-2H3. The van der Waals surface area contributed by atoms with E-state index in [4.69, 9.17) is 14.6 Å². The van der Waals surface area contributed by atoms with E-state index in [9.17, 15) is 4.79 Å². The largest absolute Gasteiger partial charge is 0.497 e. The molecule has 0 bridgehead atoms. The minimum absolute atomic E-state index is 0.0432. The van der Waals surface area contributed by atoms with E-state index in [0.717, 1.165) is 24.1 Å². The number of rotatable bonds is 7. The number of ether oxygens (including phenoxy) is 2. The SMILES string of the molecule is COc1cc(NC(C(=O)N2CCCC2c2ccccn2)c2cc3ccccn3n2)cc(OC)c1. The van der Waals surface area contributed by atoms with Crippen molar-refractivity contribution in [3.8, 4) is 11.5 Å². The first-order chi connectivity index (χ1) is 16.7. The number of aromatic nitrogens is 3. The fraction of sp³-hybridized carbons (Fsp3) is 0.269. The summed E-state index contributed by atoms with van der Waals surface area (Å²) in [6.07, 6.45) is 5.46. The third-order valence-corrected chi connectivity index (χ3v) is 6.16. The molecule has 1 aliphatic rings. The van der Waals surface area contributed by atoms with Crippen LogP contribution >= 0.6 is 0 Å². The molecule has 34 heavy (non-hydrogen) atoms. The van der Waals surface area contributed by atoms with Crippen LogP contribution in [0.1, 0.15) is 36.3 Å². The molecular formula is C26H27N5O3. The van der Waals surface area contributed by atoms with Gasteiger partial charge in [0.2, 0.25) is 0 Å². The molecular weight excluding hydrogens is 430 g/mol. The number of hydrogen-bond acceptors (Lipinski definition) is 6. The van der Waals surface area contributed by atoms with E-state index >= 15 is 0 Å². The molecule has 8 heteroatoms. The molecule has 2 atom stereocenters. The Labute approximate surface area is 198 Å². The number of amides is 1. The Balaban J connectivity index is 1.53. The Bertz CT molecular complexity index is 1230. The maximum atomic E-state index is 14.0. The number of pyridine rings is 2. The quantitative estimate of drug-likeness (QED) is 0.447. The molecule has 5 rings (SSSR count). The lowest BCUT2D eigenvalue weighted by atomic mass is 10.1. The van der Waals surface area contributed by atoms with Gasteiger partial charge >= 0.3 is 0 Å². The van der Waals surface area contributed by atoms with Crippen LogP contribution in [0.15, 0.2) is 73.1 Å². The van der Waals surface area contributed by atoms with Crippen molar-refractivity contribution in [1.82, 2.24) is 19.5 Å². The number of hydrogen-bond donors (Lipinski definition) is 1. The van der Waals surface area contributed by atoms with E-state index in [1.54, 1.807) is 31.0 Å². The summed E-state index contributed by atoms with van der Waals surface area (Å²) in [4.78, 5) is 20.5. The first kappa shape index (κ1) is 21.8. The highest BCUT2D eigenvalue weighted by molar-refractivity contribution is 5.87. The van der Waals surface area contributed by atoms with Crippen LogP contribution < -0.4 is 14.8 Å². The molecule has 3 aromatic heterocycles. The normalized spacial score (nSPS) is 16.4. The van der Waals surface area contributed by atoms with Crippen molar-refractivity contribution in [1.29, 1.82) is 0 Å². The van der Waals surface area contributed by atoms with E-state index in [2.05, 4.69) is 10.3 Å². The van der Waals surface area contributed by atoms with Crippen LogP contribution in [0.4, 0.5) is 5.69 Å². The summed E-state index contributed by atoms with van der Waals surface area (Å²) in [5.41, 5.74) is 3.18. The summed E-state index contributed by atoms with van der Waals surface area (Å²) < 4.78 is 12.6. The van der Waals surface area contributed by atoms with Crippen molar-refractivity contribution in [3.63, 3.8) is 0 Å². The Hall–Kier alpha value is -4.07. The van der Waals surface area contributed by atoms with Crippen LogP contribution in [0.2, 0.25) is 0 Å². The van der Waals surface area contributed by atoms with Crippen molar-refractivity contribution in [2.24, 2.45) is 0 Å². The van der Waals surface area contributed by atoms with Crippen LogP contribution in [-0.2, 0) is 4.79 Å². The molecule has 174 valence electrons. The first-order valence-corrected chi connectivity index (χ1v) is 11.3. The zero-order valence-corrected chi connectivity index (χ0v) is 19.2. The number of methoxy groups -OCH3 is 2. The minimum Gasteiger partial charge on any atom is -0.497 e. The molecule has 0 spiro atoms. The third-order valence-electron chi connectivity index (χ3n) is 6.16. The van der Waals surface area contributed by atoms with Crippen molar-refractivity contribution >= 4 is 17.1 Å². The molecule has 1 aromatic carbocycles. The molecule has 1 fully saturated rings. The number of benzene rings is 1. The molecule has 0 saturated carbocycles. The minimum atomic E-state index is -0.693. The number of carbonyl (C=O) groups is 1. The predicted molar refractivity (Wildman–Crippen MR) is 129 cm³/mol. The first-order valence-electron chi connectivity index (χ1n) is 11.3. The fourth-order valence-corrected chi connectivity index (χ4v) is 4.50. The summed E-state index contributed by atoms with van der Waals surface area (Å²) in [7, 11) is 3.20. The summed E-state index contributed by atoms with van der Waals surface area (Å²) in [6, 6.07) is 18.4. The number of fused-ring (bicyclic) bond motifs is 1. The number of carbonyl (C=O) groups excluding carboxylic acids is 1. The van der Waals surface area contributed by atoms with E-state index < -0.39 is 6.04 Å². The molecule has 4 aromatic rings. The highest BCUT2D eigenvalue weighted by Crippen LogP contribution is 2.35. The summed E-state index contributed by atoms with van der Waals surface area (Å²) in [6.45, 7) is 0.674. The van der Waals surface area contributed by atoms with Crippen LogP contribution in [0, 0.1) is 0 Å². The van der Waals surface area contributed by atoms with Gasteiger partial charge in [-0.1, -0.05) is 12.1 Å². The van der Waals surface area contributed by atoms with E-state index in [1.165, 1.54) is 0 Å². The Morgan fingerprint density at radius 3 is 2.56 bits per heavy atom. The molecule has 2 unspecified atom stereocenters.